The van der Waals surface area contributed by atoms with E-state index in [4.69, 9.17) is 0 Å². The smallest absolute Gasteiger partial charge is 0.480 e. The van der Waals surface area contributed by atoms with E-state index in [1.165, 1.54) is 20.8 Å². The Bertz CT molecular complexity index is 2960. The first-order valence-corrected chi connectivity index (χ1v) is 36.2. The summed E-state index contributed by atoms with van der Waals surface area (Å²) in [5.41, 5.74) is -42.0. The molecular formula is C45H90F24N8O16S8. The highest BCUT2D eigenvalue weighted by atomic mass is 32.2. The maximum absolute atomic E-state index is 11.7. The lowest BCUT2D eigenvalue weighted by Crippen LogP contribution is -2.24. The number of hydrogen-bond acceptors (Lipinski definition) is 16. The number of unbranched alkanes of at least 4 members (excludes halogenated alkanes) is 6. The van der Waals surface area contributed by atoms with Gasteiger partial charge in [-0.15, -0.1) is 45.3 Å². The first-order chi connectivity index (χ1) is 40.7. The summed E-state index contributed by atoms with van der Waals surface area (Å²) in [6.45, 7) is 12.4. The van der Waals surface area contributed by atoms with Gasteiger partial charge in [-0.05, 0) is 0 Å². The Morgan fingerprint density at radius 2 is 0.485 bits per heavy atom. The number of hydrogen-bond donors (Lipinski definition) is 0. The molecule has 0 spiro atoms. The zero-order valence-electron chi connectivity index (χ0n) is 57.6. The van der Waals surface area contributed by atoms with Crippen molar-refractivity contribution in [2.75, 3.05) is 46.3 Å². The average molecular weight is 1710 g/mol. The minimum atomic E-state index is -5.28. The maximum Gasteiger partial charge on any atom is 0.480 e. The molecule has 0 N–H and O–H groups in total. The molecular weight excluding hydrogens is 1620 g/mol. The molecule has 56 heteroatoms. The van der Waals surface area contributed by atoms with Crippen LogP contribution in [0.15, 0.2) is 0 Å². The van der Waals surface area contributed by atoms with Gasteiger partial charge in [0.05, 0.1) is 0 Å². The first kappa shape index (κ1) is 137. The normalized spacial score (nSPS) is 12.7. The van der Waals surface area contributed by atoms with Crippen molar-refractivity contribution in [2.45, 2.75) is 183 Å². The van der Waals surface area contributed by atoms with E-state index in [1.807, 2.05) is 13.8 Å². The zero-order valence-corrected chi connectivity index (χ0v) is 64.2. The summed E-state index contributed by atoms with van der Waals surface area (Å²) in [6.07, 6.45) is 6.23. The molecule has 1 unspecified atom stereocenters. The molecule has 0 aliphatic rings. The lowest BCUT2D eigenvalue weighted by atomic mass is 10.2. The molecule has 1 atom stereocenters. The topological polar surface area (TPSA) is 386 Å². The minimum Gasteiger partial charge on any atom is -0.544 e. The summed E-state index contributed by atoms with van der Waals surface area (Å²) in [4.78, 5) is 0. The average Bonchev–Trinajstić information content (AvgIpc) is 0.905. The van der Waals surface area contributed by atoms with Crippen LogP contribution in [-0.4, -0.2) is 164 Å². The van der Waals surface area contributed by atoms with Gasteiger partial charge in [0, 0.05) is 59.4 Å². The molecule has 0 radical (unpaired) electrons. The fraction of sp³-hybridized carbons (Fsp3) is 0.822. The second-order valence-corrected chi connectivity index (χ2v) is 30.0. The van der Waals surface area contributed by atoms with Gasteiger partial charge in [0.2, 0.25) is 0 Å². The summed E-state index contributed by atoms with van der Waals surface area (Å²) < 4.78 is 459. The van der Waals surface area contributed by atoms with E-state index in [0.717, 1.165) is 19.3 Å². The molecule has 0 saturated heterocycles. The van der Waals surface area contributed by atoms with Crippen molar-refractivity contribution in [3.63, 3.8) is 0 Å². The van der Waals surface area contributed by atoms with Crippen molar-refractivity contribution < 1.29 is 173 Å². The highest BCUT2D eigenvalue weighted by Crippen LogP contribution is 2.34. The largest absolute Gasteiger partial charge is 0.544 e. The molecule has 0 aliphatic heterocycles. The van der Waals surface area contributed by atoms with Gasteiger partial charge in [-0.25, -0.2) is 67.3 Å². The van der Waals surface area contributed by atoms with Crippen molar-refractivity contribution in [3.05, 3.63) is 97.2 Å². The fourth-order valence-electron chi connectivity index (χ4n) is 3.16. The molecule has 101 heavy (non-hydrogen) atoms. The quantitative estimate of drug-likeness (QED) is 0.0419. The third-order valence-corrected chi connectivity index (χ3v) is 16.9. The van der Waals surface area contributed by atoms with E-state index < -0.39 is 130 Å². The lowest BCUT2D eigenvalue weighted by Gasteiger charge is -2.27. The predicted molar refractivity (Wildman–Crippen MR) is 342 cm³/mol. The summed E-state index contributed by atoms with van der Waals surface area (Å²) >= 11 is 0. The van der Waals surface area contributed by atoms with Crippen LogP contribution < -0.4 is 0 Å². The van der Waals surface area contributed by atoms with Crippen LogP contribution in [0.4, 0.5) is 105 Å². The van der Waals surface area contributed by atoms with Gasteiger partial charge < -0.3 is 37.8 Å². The summed E-state index contributed by atoms with van der Waals surface area (Å²) in [7, 11) is -41.4. The van der Waals surface area contributed by atoms with Gasteiger partial charge in [-0.2, -0.15) is 112 Å². The monoisotopic (exact) mass is 1710 g/mol. The highest BCUT2D eigenvalue weighted by Gasteiger charge is 2.43. The first-order valence-electron chi connectivity index (χ1n) is 24.7. The van der Waals surface area contributed by atoms with Gasteiger partial charge in [0.15, 0.2) is 80.2 Å². The van der Waals surface area contributed by atoms with Gasteiger partial charge in [0.25, 0.3) is 0 Å². The van der Waals surface area contributed by atoms with Crippen LogP contribution in [0.5, 0.6) is 0 Å². The molecule has 0 aromatic carbocycles. The van der Waals surface area contributed by atoms with Crippen LogP contribution in [-0.2, 0) is 80.2 Å². The summed E-state index contributed by atoms with van der Waals surface area (Å²) in [6, 6.07) is -0.823. The van der Waals surface area contributed by atoms with E-state index >= 15 is 0 Å². The summed E-state index contributed by atoms with van der Waals surface area (Å²) in [5.74, 6) is -0.206. The van der Waals surface area contributed by atoms with Crippen molar-refractivity contribution >= 4 is 80.2 Å². The van der Waals surface area contributed by atoms with Crippen LogP contribution in [0, 0.1) is 65.3 Å². The van der Waals surface area contributed by atoms with Crippen LogP contribution in [0.2, 0.25) is 0 Å². The predicted octanol–water partition coefficient (Wildman–Crippen LogP) is 18.4. The van der Waals surface area contributed by atoms with Gasteiger partial charge in [-0.1, -0.05) is 139 Å². The van der Waals surface area contributed by atoms with Gasteiger partial charge in [0.1, 0.15) is 0 Å². The standard InChI is InChI=1S/C7H13F3NO2S.C6H11F3NO2S.3C5H9F3NO2S.C4H7F3NO2S.C3H5F3NO2S.C2H3F3NO2S.8CH3/c1-2-3-4-5-6-11-14(12,13)7(8,9)10;1-2-3-4-5-10-13(11,12)6(7,8)9;1-4(2)3-9-12(10,11)5(6,7)8;1-3-4(2)9-12(10,11)5(6,7)8;1-2-3-4-9-12(10,11)5(6,7)8;1-2-3-8-11(9,10)4(5,6)7;1-2-7-10(8,9)3(4,5)6;1-6-9(7,8)2(3,4)5;;;;;;;;/h2-6H2,1H3;2-5H2,1H3;2*4H,3H2,1-2H3;2-4H2,1H3;2-3H2,1H3;2H2,1H3;1H3;8*1H3/q8*-1;8*+1. The Kier molecular flexibility index (Phi) is 78.2. The van der Waals surface area contributed by atoms with Crippen LogP contribution in [0.25, 0.3) is 37.8 Å². The molecule has 622 valence electrons. The molecule has 0 rings (SSSR count). The molecule has 0 bridgehead atoms. The number of nitrogens with zero attached hydrogens (tertiary/aromatic N) is 8. The highest BCUT2D eigenvalue weighted by molar-refractivity contribution is 7.96. The van der Waals surface area contributed by atoms with Crippen LogP contribution in [0.1, 0.15) is 133 Å². The van der Waals surface area contributed by atoms with Crippen molar-refractivity contribution in [3.8, 4) is 0 Å². The molecule has 0 aromatic heterocycles. The van der Waals surface area contributed by atoms with E-state index in [2.05, 4.69) is 37.8 Å². The molecule has 24 nitrogen and oxygen atoms in total. The Balaban J connectivity index is -0.0000000579. The van der Waals surface area contributed by atoms with E-state index in [1.54, 1.807) is 27.7 Å². The molecule has 0 amide bonds. The molecule has 0 saturated carbocycles. The second-order valence-electron chi connectivity index (χ2n) is 16.6. The van der Waals surface area contributed by atoms with Crippen molar-refractivity contribution in [1.82, 2.24) is 0 Å². The maximum atomic E-state index is 11.7. The minimum absolute atomic E-state index is 0. The third kappa shape index (κ3) is 65.8. The van der Waals surface area contributed by atoms with E-state index in [0.29, 0.717) is 45.6 Å². The fourth-order valence-corrected chi connectivity index (χ4v) is 7.35. The Morgan fingerprint density at radius 3 is 0.673 bits per heavy atom. The Labute approximate surface area is 582 Å². The Hall–Kier alpha value is -3.44. The number of alkyl halides is 24. The van der Waals surface area contributed by atoms with Crippen molar-refractivity contribution in [2.24, 2.45) is 5.92 Å². The molecule has 0 aromatic rings. The third-order valence-electron chi connectivity index (χ3n) is 7.95. The van der Waals surface area contributed by atoms with Crippen LogP contribution >= 0.6 is 0 Å². The van der Waals surface area contributed by atoms with Crippen LogP contribution in [0.3, 0.4) is 0 Å². The van der Waals surface area contributed by atoms with Gasteiger partial charge in [-0.3, -0.25) is 0 Å². The SMILES string of the molecule is CC(C)C[N-]S(=O)(=O)C(F)(F)F.CCC(C)[N-]S(=O)(=O)C(F)(F)F.CCCCCC[N-]S(=O)(=O)C(F)(F)F.CCCCC[N-]S(=O)(=O)C(F)(F)F.CCCC[N-]S(=O)(=O)C(F)(F)F.CCC[N-]S(=O)(=O)C(F)(F)F.CC[N-]S(=O)(=O)C(F)(F)F.C[N-]S(=O)(=O)C(F)(F)F.[CH3+].[CH3+].[CH3+].[CH3+].[CH3+].[CH3+].[CH3+].[CH3+]. The van der Waals surface area contributed by atoms with E-state index in [-0.39, 0.29) is 117 Å². The van der Waals surface area contributed by atoms with Gasteiger partial charge >= 0.3 is 44.1 Å². The number of halogens is 24. The molecule has 0 heterocycles. The lowest BCUT2D eigenvalue weighted by molar-refractivity contribution is -0.0434. The Morgan fingerprint density at radius 1 is 0.267 bits per heavy atom. The molecule has 0 aliphatic carbocycles. The van der Waals surface area contributed by atoms with E-state index in [9.17, 15) is 173 Å². The summed E-state index contributed by atoms with van der Waals surface area (Å²) in [5, 5.41) is 0. The zero-order chi connectivity index (χ0) is 76.8. The second kappa shape index (κ2) is 57.8. The number of rotatable bonds is 27. The van der Waals surface area contributed by atoms with Crippen molar-refractivity contribution in [1.29, 1.82) is 0 Å². The number of sulfonamides is 8. The molecule has 0 fully saturated rings.